The van der Waals surface area contributed by atoms with Gasteiger partial charge in [-0.15, -0.1) is 0 Å². The summed E-state index contributed by atoms with van der Waals surface area (Å²) in [5, 5.41) is 3.40. The second-order valence-electron chi connectivity index (χ2n) is 8.91. The Balaban J connectivity index is 1.37. The lowest BCUT2D eigenvalue weighted by Crippen LogP contribution is -2.50. The first-order chi connectivity index (χ1) is 15.1. The van der Waals surface area contributed by atoms with Gasteiger partial charge in [-0.05, 0) is 62.4 Å². The van der Waals surface area contributed by atoms with E-state index in [-0.39, 0.29) is 11.5 Å². The van der Waals surface area contributed by atoms with Crippen LogP contribution in [0.2, 0.25) is 0 Å². The van der Waals surface area contributed by atoms with Gasteiger partial charge >= 0.3 is 0 Å². The zero-order chi connectivity index (χ0) is 21.6. The van der Waals surface area contributed by atoms with E-state index in [9.17, 15) is 9.59 Å². The molecule has 1 amide bonds. The summed E-state index contributed by atoms with van der Waals surface area (Å²) in [5.41, 5.74) is 2.33. The molecule has 0 aliphatic carbocycles. The summed E-state index contributed by atoms with van der Waals surface area (Å²) in [6.07, 6.45) is 5.14. The minimum absolute atomic E-state index is 0.110. The number of piperazine rings is 1. The molecule has 2 fully saturated rings. The Labute approximate surface area is 184 Å². The summed E-state index contributed by atoms with van der Waals surface area (Å²) in [7, 11) is 0. The number of rotatable bonds is 6. The van der Waals surface area contributed by atoms with Gasteiger partial charge in [0.25, 0.3) is 11.5 Å². The quantitative estimate of drug-likeness (QED) is 0.775. The van der Waals surface area contributed by atoms with E-state index in [4.69, 9.17) is 0 Å². The highest BCUT2D eigenvalue weighted by Crippen LogP contribution is 2.14. The fourth-order valence-electron chi connectivity index (χ4n) is 4.69. The smallest absolute Gasteiger partial charge is 0.263 e. The maximum atomic E-state index is 13.3. The van der Waals surface area contributed by atoms with Crippen molar-refractivity contribution in [2.75, 3.05) is 45.8 Å². The highest BCUT2D eigenvalue weighted by molar-refractivity contribution is 5.95. The van der Waals surface area contributed by atoms with Gasteiger partial charge in [0.05, 0.1) is 0 Å². The Kier molecular flexibility index (Phi) is 7.20. The molecule has 0 radical (unpaired) electrons. The van der Waals surface area contributed by atoms with E-state index >= 15 is 0 Å². The van der Waals surface area contributed by atoms with E-state index in [1.54, 1.807) is 4.57 Å². The standard InChI is InChI=1S/C25H34N4O2/c1-20-9-13-29(19-22-8-5-11-26-18-22)25(31)23(20)24(30)28-16-14-27(15-17-28)12-10-21-6-3-2-4-7-21/h2-4,6-7,9,13,22,26H,5,8,10-12,14-19H2,1H3. The molecular formula is C25H34N4O2. The van der Waals surface area contributed by atoms with Crippen LogP contribution in [0.5, 0.6) is 0 Å². The molecule has 0 bridgehead atoms. The Bertz CT molecular complexity index is 926. The van der Waals surface area contributed by atoms with Crippen LogP contribution in [0.1, 0.15) is 34.3 Å². The normalized spacial score (nSPS) is 20.0. The molecule has 2 aliphatic heterocycles. The van der Waals surface area contributed by atoms with E-state index in [1.807, 2.05) is 30.2 Å². The molecule has 6 heteroatoms. The van der Waals surface area contributed by atoms with Crippen molar-refractivity contribution in [3.63, 3.8) is 0 Å². The molecule has 1 atom stereocenters. The predicted octanol–water partition coefficient (Wildman–Crippen LogP) is 2.16. The molecule has 2 aromatic rings. The fraction of sp³-hybridized carbons (Fsp3) is 0.520. The van der Waals surface area contributed by atoms with Crippen LogP contribution in [0, 0.1) is 12.8 Å². The van der Waals surface area contributed by atoms with Gasteiger partial charge in [-0.25, -0.2) is 0 Å². The average Bonchev–Trinajstić information content (AvgIpc) is 2.81. The van der Waals surface area contributed by atoms with Gasteiger partial charge in [-0.3, -0.25) is 14.5 Å². The van der Waals surface area contributed by atoms with E-state index < -0.39 is 0 Å². The van der Waals surface area contributed by atoms with E-state index in [1.165, 1.54) is 5.56 Å². The number of nitrogens with zero attached hydrogens (tertiary/aromatic N) is 3. The molecule has 6 nitrogen and oxygen atoms in total. The topological polar surface area (TPSA) is 57.6 Å². The second-order valence-corrected chi connectivity index (χ2v) is 8.91. The number of carbonyl (C=O) groups excluding carboxylic acids is 1. The van der Waals surface area contributed by atoms with Crippen molar-refractivity contribution in [1.29, 1.82) is 0 Å². The number of hydrogen-bond donors (Lipinski definition) is 1. The lowest BCUT2D eigenvalue weighted by atomic mass is 9.99. The van der Waals surface area contributed by atoms with Gasteiger partial charge in [0.1, 0.15) is 5.56 Å². The number of amides is 1. The van der Waals surface area contributed by atoms with Crippen LogP contribution in [-0.2, 0) is 13.0 Å². The van der Waals surface area contributed by atoms with Crippen LogP contribution < -0.4 is 10.9 Å². The van der Waals surface area contributed by atoms with E-state index in [0.717, 1.165) is 57.5 Å². The summed E-state index contributed by atoms with van der Waals surface area (Å²) in [6.45, 7) is 8.60. The Morgan fingerprint density at radius 3 is 2.58 bits per heavy atom. The highest BCUT2D eigenvalue weighted by Gasteiger charge is 2.26. The molecule has 1 N–H and O–H groups in total. The van der Waals surface area contributed by atoms with E-state index in [0.29, 0.717) is 31.1 Å². The Morgan fingerprint density at radius 2 is 1.87 bits per heavy atom. The van der Waals surface area contributed by atoms with Gasteiger partial charge in [0.15, 0.2) is 0 Å². The largest absolute Gasteiger partial charge is 0.336 e. The van der Waals surface area contributed by atoms with Gasteiger partial charge in [0.2, 0.25) is 0 Å². The SMILES string of the molecule is Cc1ccn(CC2CCCNC2)c(=O)c1C(=O)N1CCN(CCc2ccccc2)CC1. The number of carbonyl (C=O) groups is 1. The lowest BCUT2D eigenvalue weighted by molar-refractivity contribution is 0.0635. The minimum Gasteiger partial charge on any atom is -0.336 e. The van der Waals surface area contributed by atoms with Crippen molar-refractivity contribution in [2.24, 2.45) is 5.92 Å². The van der Waals surface area contributed by atoms with Gasteiger partial charge in [-0.2, -0.15) is 0 Å². The van der Waals surface area contributed by atoms with Gasteiger partial charge in [0, 0.05) is 45.5 Å². The predicted molar refractivity (Wildman–Crippen MR) is 124 cm³/mol. The molecule has 3 heterocycles. The number of aryl methyl sites for hydroxylation is 1. The summed E-state index contributed by atoms with van der Waals surface area (Å²) in [4.78, 5) is 30.7. The molecule has 2 aliphatic rings. The number of aromatic nitrogens is 1. The van der Waals surface area contributed by atoms with Crippen molar-refractivity contribution in [2.45, 2.75) is 32.7 Å². The molecule has 0 spiro atoms. The molecule has 1 unspecified atom stereocenters. The Hall–Kier alpha value is -2.44. The van der Waals surface area contributed by atoms with Crippen molar-refractivity contribution in [3.8, 4) is 0 Å². The van der Waals surface area contributed by atoms with Crippen LogP contribution in [0.3, 0.4) is 0 Å². The first-order valence-electron chi connectivity index (χ1n) is 11.6. The number of piperidine rings is 1. The van der Waals surface area contributed by atoms with Crippen LogP contribution in [0.15, 0.2) is 47.4 Å². The molecular weight excluding hydrogens is 388 g/mol. The average molecular weight is 423 g/mol. The fourth-order valence-corrected chi connectivity index (χ4v) is 4.69. The summed E-state index contributed by atoms with van der Waals surface area (Å²) in [6, 6.07) is 12.4. The first kappa shape index (κ1) is 21.8. The van der Waals surface area contributed by atoms with Crippen molar-refractivity contribution < 1.29 is 4.79 Å². The van der Waals surface area contributed by atoms with Crippen LogP contribution in [0.25, 0.3) is 0 Å². The van der Waals surface area contributed by atoms with Crippen LogP contribution in [0.4, 0.5) is 0 Å². The summed E-state index contributed by atoms with van der Waals surface area (Å²) < 4.78 is 1.74. The maximum Gasteiger partial charge on any atom is 0.263 e. The zero-order valence-corrected chi connectivity index (χ0v) is 18.6. The molecule has 2 saturated heterocycles. The number of pyridine rings is 1. The highest BCUT2D eigenvalue weighted by atomic mass is 16.2. The van der Waals surface area contributed by atoms with Crippen LogP contribution in [-0.4, -0.2) is 66.1 Å². The van der Waals surface area contributed by atoms with Crippen molar-refractivity contribution in [1.82, 2.24) is 19.7 Å². The van der Waals surface area contributed by atoms with Crippen LogP contribution >= 0.6 is 0 Å². The van der Waals surface area contributed by atoms with Gasteiger partial charge < -0.3 is 14.8 Å². The van der Waals surface area contributed by atoms with E-state index in [2.05, 4.69) is 34.5 Å². The zero-order valence-electron chi connectivity index (χ0n) is 18.6. The lowest BCUT2D eigenvalue weighted by Gasteiger charge is -2.35. The third kappa shape index (κ3) is 5.43. The van der Waals surface area contributed by atoms with Crippen molar-refractivity contribution in [3.05, 3.63) is 69.6 Å². The monoisotopic (exact) mass is 422 g/mol. The summed E-state index contributed by atoms with van der Waals surface area (Å²) in [5.74, 6) is 0.339. The maximum absolute atomic E-state index is 13.3. The third-order valence-electron chi connectivity index (χ3n) is 6.66. The Morgan fingerprint density at radius 1 is 1.10 bits per heavy atom. The number of hydrogen-bond acceptors (Lipinski definition) is 4. The first-order valence-corrected chi connectivity index (χ1v) is 11.6. The minimum atomic E-state index is -0.137. The summed E-state index contributed by atoms with van der Waals surface area (Å²) >= 11 is 0. The second kappa shape index (κ2) is 10.2. The number of benzene rings is 1. The third-order valence-corrected chi connectivity index (χ3v) is 6.66. The molecule has 31 heavy (non-hydrogen) atoms. The van der Waals surface area contributed by atoms with Gasteiger partial charge in [-0.1, -0.05) is 30.3 Å². The molecule has 4 rings (SSSR count). The van der Waals surface area contributed by atoms with Crippen molar-refractivity contribution >= 4 is 5.91 Å². The number of nitrogens with one attached hydrogen (secondary N) is 1. The molecule has 1 aromatic carbocycles. The molecule has 166 valence electrons. The molecule has 1 aromatic heterocycles. The molecule has 0 saturated carbocycles.